The van der Waals surface area contributed by atoms with Crippen LogP contribution in [0.4, 0.5) is 0 Å². The summed E-state index contributed by atoms with van der Waals surface area (Å²) in [5.74, 6) is 0.641. The second kappa shape index (κ2) is 11.9. The van der Waals surface area contributed by atoms with Crippen molar-refractivity contribution < 1.29 is 4.42 Å². The van der Waals surface area contributed by atoms with Gasteiger partial charge in [-0.3, -0.25) is 0 Å². The molecule has 60 heavy (non-hydrogen) atoms. The van der Waals surface area contributed by atoms with Gasteiger partial charge < -0.3 is 13.4 Å². The van der Waals surface area contributed by atoms with Crippen LogP contribution < -0.4 is 0 Å². The normalized spacial score (nSPS) is 12.3. The molecular weight excluding hydrogens is 753 g/mol. The molecule has 6 aromatic heterocycles. The molecule has 0 fully saturated rings. The highest BCUT2D eigenvalue weighted by atomic mass is 32.1. The van der Waals surface area contributed by atoms with E-state index in [4.69, 9.17) is 14.4 Å². The Labute approximate surface area is 346 Å². The van der Waals surface area contributed by atoms with Crippen LogP contribution in [0.25, 0.3) is 131 Å². The smallest absolute Gasteiger partial charge is 0.231 e. The van der Waals surface area contributed by atoms with E-state index in [1.807, 2.05) is 47.7 Å². The van der Waals surface area contributed by atoms with E-state index in [9.17, 15) is 0 Å². The van der Waals surface area contributed by atoms with Crippen molar-refractivity contribution in [1.82, 2.24) is 18.9 Å². The quantitative estimate of drug-likeness (QED) is 0.179. The number of para-hydroxylation sites is 2. The van der Waals surface area contributed by atoms with Gasteiger partial charge in [0.25, 0.3) is 0 Å². The van der Waals surface area contributed by atoms with Crippen LogP contribution in [0.1, 0.15) is 0 Å². The van der Waals surface area contributed by atoms with Gasteiger partial charge in [-0.2, -0.15) is 4.98 Å². The Balaban J connectivity index is 0.953. The van der Waals surface area contributed by atoms with Crippen LogP contribution in [0.5, 0.6) is 0 Å². The number of rotatable bonds is 4. The largest absolute Gasteiger partial charge is 0.438 e. The summed E-state index contributed by atoms with van der Waals surface area (Å²) < 4.78 is 14.1. The van der Waals surface area contributed by atoms with Crippen LogP contribution in [0.2, 0.25) is 0 Å². The fraction of sp³-hybridized carbons (Fsp3) is 0. The SMILES string of the molecule is c1ccc(-c2nc(-c3ccccc3)c3c(n2)oc2ccc(-n4c5ccccc5c5cc(-c6ccc7c(c6)c6cccc8c9sc%10ccccc%10c9n7c68)ccc54)cc23)cc1. The van der Waals surface area contributed by atoms with Crippen LogP contribution >= 0.6 is 11.3 Å². The molecule has 0 saturated heterocycles. The highest BCUT2D eigenvalue weighted by Crippen LogP contribution is 2.46. The molecule has 0 unspecified atom stereocenters. The third-order valence-electron chi connectivity index (χ3n) is 12.5. The van der Waals surface area contributed by atoms with Crippen molar-refractivity contribution in [2.45, 2.75) is 0 Å². The molecule has 8 aromatic carbocycles. The first kappa shape index (κ1) is 32.2. The van der Waals surface area contributed by atoms with E-state index in [1.165, 1.54) is 69.4 Å². The average molecular weight is 783 g/mol. The van der Waals surface area contributed by atoms with Crippen molar-refractivity contribution in [3.8, 4) is 39.5 Å². The van der Waals surface area contributed by atoms with Gasteiger partial charge in [-0.05, 0) is 65.7 Å². The molecule has 6 heteroatoms. The van der Waals surface area contributed by atoms with Crippen molar-refractivity contribution in [2.24, 2.45) is 0 Å². The summed E-state index contributed by atoms with van der Waals surface area (Å²) in [6, 6.07) is 65.2. The molecule has 5 nitrogen and oxygen atoms in total. The molecule has 0 saturated carbocycles. The zero-order chi connectivity index (χ0) is 39.1. The summed E-state index contributed by atoms with van der Waals surface area (Å²) in [5, 5.41) is 9.54. The Morgan fingerprint density at radius 3 is 1.93 bits per heavy atom. The van der Waals surface area contributed by atoms with Crippen molar-refractivity contribution in [3.63, 3.8) is 0 Å². The first-order valence-corrected chi connectivity index (χ1v) is 21.1. The lowest BCUT2D eigenvalue weighted by atomic mass is 10.0. The maximum Gasteiger partial charge on any atom is 0.231 e. The molecule has 14 rings (SSSR count). The van der Waals surface area contributed by atoms with Gasteiger partial charge in [0.2, 0.25) is 5.71 Å². The Morgan fingerprint density at radius 1 is 0.433 bits per heavy atom. The summed E-state index contributed by atoms with van der Waals surface area (Å²) in [4.78, 5) is 10.2. The molecule has 0 amide bonds. The molecule has 278 valence electrons. The van der Waals surface area contributed by atoms with Gasteiger partial charge >= 0.3 is 0 Å². The number of furan rings is 1. The number of hydrogen-bond acceptors (Lipinski definition) is 4. The third kappa shape index (κ3) is 4.35. The Kier molecular flexibility index (Phi) is 6.38. The fourth-order valence-corrected chi connectivity index (χ4v) is 11.1. The van der Waals surface area contributed by atoms with Crippen LogP contribution in [-0.2, 0) is 0 Å². The Morgan fingerprint density at radius 2 is 1.10 bits per heavy atom. The highest BCUT2D eigenvalue weighted by Gasteiger charge is 2.23. The monoisotopic (exact) mass is 782 g/mol. The number of aromatic nitrogens is 4. The molecule has 0 aliphatic carbocycles. The standard InChI is InChI=1S/C54H30N4OS/c1-3-12-31(13-4-1)49-48-42-30-35(24-27-46(42)59-54(48)56-53(55-49)32-14-5-2-6-15-32)57-43-20-9-7-16-36(43)40-28-33(22-25-44(40)57)34-23-26-45-41(29-34)37-18-11-19-39-50(37)58(45)51-38-17-8-10-21-47(38)60-52(39)51/h1-30H. The third-order valence-corrected chi connectivity index (χ3v) is 13.7. The van der Waals surface area contributed by atoms with E-state index >= 15 is 0 Å². The van der Waals surface area contributed by atoms with E-state index in [1.54, 1.807) is 0 Å². The number of nitrogens with zero attached hydrogens (tertiary/aromatic N) is 4. The summed E-state index contributed by atoms with van der Waals surface area (Å²) in [6.45, 7) is 0. The molecule has 14 aromatic rings. The molecule has 0 atom stereocenters. The maximum atomic E-state index is 6.53. The van der Waals surface area contributed by atoms with Crippen molar-refractivity contribution in [2.75, 3.05) is 0 Å². The van der Waals surface area contributed by atoms with Gasteiger partial charge in [0.15, 0.2) is 5.82 Å². The number of hydrogen-bond donors (Lipinski definition) is 0. The first-order valence-electron chi connectivity index (χ1n) is 20.2. The van der Waals surface area contributed by atoms with Crippen LogP contribution in [0.3, 0.4) is 0 Å². The minimum atomic E-state index is 0.577. The average Bonchev–Trinajstić information content (AvgIpc) is 4.11. The van der Waals surface area contributed by atoms with Gasteiger partial charge in [-0.1, -0.05) is 127 Å². The summed E-state index contributed by atoms with van der Waals surface area (Å²) in [7, 11) is 0. The van der Waals surface area contributed by atoms with Crippen LogP contribution in [0.15, 0.2) is 186 Å². The number of fused-ring (bicyclic) bond motifs is 14. The predicted octanol–water partition coefficient (Wildman–Crippen LogP) is 14.8. The molecule has 0 spiro atoms. The molecular formula is C54H30N4OS. The van der Waals surface area contributed by atoms with E-state index in [2.05, 4.69) is 155 Å². The maximum absolute atomic E-state index is 6.53. The van der Waals surface area contributed by atoms with Gasteiger partial charge in [0.05, 0.1) is 43.4 Å². The van der Waals surface area contributed by atoms with E-state index in [0.717, 1.165) is 49.9 Å². The van der Waals surface area contributed by atoms with E-state index in [0.29, 0.717) is 11.5 Å². The van der Waals surface area contributed by atoms with Gasteiger partial charge in [0.1, 0.15) is 5.58 Å². The molecule has 0 aliphatic heterocycles. The van der Waals surface area contributed by atoms with Gasteiger partial charge in [-0.15, -0.1) is 11.3 Å². The number of benzene rings is 8. The van der Waals surface area contributed by atoms with Crippen LogP contribution in [0, 0.1) is 0 Å². The van der Waals surface area contributed by atoms with Crippen molar-refractivity contribution in [1.29, 1.82) is 0 Å². The van der Waals surface area contributed by atoms with Crippen LogP contribution in [-0.4, -0.2) is 18.9 Å². The highest BCUT2D eigenvalue weighted by molar-refractivity contribution is 7.26. The molecule has 0 aliphatic rings. The second-order valence-corrected chi connectivity index (χ2v) is 16.8. The van der Waals surface area contributed by atoms with Gasteiger partial charge in [-0.25, -0.2) is 4.98 Å². The zero-order valence-corrected chi connectivity index (χ0v) is 32.7. The van der Waals surface area contributed by atoms with Crippen molar-refractivity contribution >= 4 is 103 Å². The van der Waals surface area contributed by atoms with E-state index in [-0.39, 0.29) is 0 Å². The van der Waals surface area contributed by atoms with E-state index < -0.39 is 0 Å². The summed E-state index contributed by atoms with van der Waals surface area (Å²) >= 11 is 1.90. The zero-order valence-electron chi connectivity index (χ0n) is 31.9. The first-order chi connectivity index (χ1) is 29.7. The fourth-order valence-electron chi connectivity index (χ4n) is 9.85. The lowest BCUT2D eigenvalue weighted by Crippen LogP contribution is -1.95. The lowest BCUT2D eigenvalue weighted by Gasteiger charge is -2.10. The Bertz CT molecular complexity index is 4060. The van der Waals surface area contributed by atoms with Gasteiger partial charge in [0, 0.05) is 59.2 Å². The molecule has 6 heterocycles. The number of thiophene rings is 1. The van der Waals surface area contributed by atoms with Crippen molar-refractivity contribution in [3.05, 3.63) is 182 Å². The second-order valence-electron chi connectivity index (χ2n) is 15.7. The molecule has 0 N–H and O–H groups in total. The lowest BCUT2D eigenvalue weighted by molar-refractivity contribution is 0.653. The molecule has 0 radical (unpaired) electrons. The minimum absolute atomic E-state index is 0.577. The topological polar surface area (TPSA) is 48.3 Å². The molecule has 0 bridgehead atoms. The minimum Gasteiger partial charge on any atom is -0.438 e. The Hall–Kier alpha value is -7.80. The predicted molar refractivity (Wildman–Crippen MR) is 250 cm³/mol. The summed E-state index contributed by atoms with van der Waals surface area (Å²) in [6.07, 6.45) is 0. The summed E-state index contributed by atoms with van der Waals surface area (Å²) in [5.41, 5.74) is 13.8.